The van der Waals surface area contributed by atoms with Crippen LogP contribution in [0, 0.1) is 6.92 Å². The fourth-order valence-corrected chi connectivity index (χ4v) is 2.95. The van der Waals surface area contributed by atoms with E-state index in [1.165, 1.54) is 19.3 Å². The number of nitrogens with zero attached hydrogens (tertiary/aromatic N) is 1. The number of nitrogens with two attached hydrogens (primary N) is 1. The highest BCUT2D eigenvalue weighted by Crippen LogP contribution is 2.40. The van der Waals surface area contributed by atoms with Crippen LogP contribution in [0.1, 0.15) is 56.3 Å². The molecule has 1 atom stereocenters. The monoisotopic (exact) mass is 248 g/mol. The third kappa shape index (κ3) is 2.73. The Labute approximate surface area is 110 Å². The largest absolute Gasteiger partial charge is 0.373 e. The predicted molar refractivity (Wildman–Crippen MR) is 73.3 cm³/mol. The summed E-state index contributed by atoms with van der Waals surface area (Å²) in [6.07, 6.45) is 7.76. The van der Waals surface area contributed by atoms with Gasteiger partial charge in [-0.15, -0.1) is 0 Å². The van der Waals surface area contributed by atoms with Crippen molar-refractivity contribution in [1.29, 1.82) is 0 Å². The Morgan fingerprint density at radius 3 is 2.61 bits per heavy atom. The highest BCUT2D eigenvalue weighted by Gasteiger charge is 2.39. The Bertz CT molecular complexity index is 363. The molecule has 18 heavy (non-hydrogen) atoms. The van der Waals surface area contributed by atoms with E-state index in [-0.39, 0.29) is 11.6 Å². The average molecular weight is 248 g/mol. The third-order valence-corrected chi connectivity index (χ3v) is 3.99. The van der Waals surface area contributed by atoms with Gasteiger partial charge < -0.3 is 10.5 Å². The highest BCUT2D eigenvalue weighted by molar-refractivity contribution is 5.20. The van der Waals surface area contributed by atoms with Crippen LogP contribution in [0.5, 0.6) is 0 Å². The Hall–Kier alpha value is -0.930. The van der Waals surface area contributed by atoms with Gasteiger partial charge >= 0.3 is 0 Å². The van der Waals surface area contributed by atoms with Crippen molar-refractivity contribution < 1.29 is 4.74 Å². The number of aromatic nitrogens is 1. The summed E-state index contributed by atoms with van der Waals surface area (Å²) >= 11 is 0. The molecule has 2 N–H and O–H groups in total. The van der Waals surface area contributed by atoms with E-state index in [9.17, 15) is 0 Å². The smallest absolute Gasteiger partial charge is 0.0874 e. The molecule has 1 unspecified atom stereocenters. The van der Waals surface area contributed by atoms with Gasteiger partial charge in [-0.3, -0.25) is 4.98 Å². The molecular formula is C15H24N2O. The fraction of sp³-hybridized carbons (Fsp3) is 0.667. The summed E-state index contributed by atoms with van der Waals surface area (Å²) in [5.74, 6) is 0. The molecule has 1 heterocycles. The van der Waals surface area contributed by atoms with E-state index in [4.69, 9.17) is 10.5 Å². The van der Waals surface area contributed by atoms with Crippen molar-refractivity contribution in [2.75, 3.05) is 6.61 Å². The van der Waals surface area contributed by atoms with E-state index >= 15 is 0 Å². The second-order valence-corrected chi connectivity index (χ2v) is 5.27. The van der Waals surface area contributed by atoms with E-state index in [0.717, 1.165) is 30.7 Å². The first-order valence-electron chi connectivity index (χ1n) is 7.00. The van der Waals surface area contributed by atoms with Gasteiger partial charge in [-0.2, -0.15) is 0 Å². The molecule has 1 aromatic rings. The lowest BCUT2D eigenvalue weighted by Crippen LogP contribution is -2.45. The van der Waals surface area contributed by atoms with Gasteiger partial charge in [0.2, 0.25) is 0 Å². The molecule has 1 aliphatic carbocycles. The van der Waals surface area contributed by atoms with E-state index in [2.05, 4.69) is 18.0 Å². The summed E-state index contributed by atoms with van der Waals surface area (Å²) in [6, 6.07) is 4.05. The number of hydrogen-bond acceptors (Lipinski definition) is 3. The van der Waals surface area contributed by atoms with Gasteiger partial charge in [0.05, 0.1) is 11.6 Å². The Morgan fingerprint density at radius 1 is 1.33 bits per heavy atom. The van der Waals surface area contributed by atoms with Crippen LogP contribution in [0.2, 0.25) is 0 Å². The van der Waals surface area contributed by atoms with Gasteiger partial charge in [-0.1, -0.05) is 25.3 Å². The molecule has 0 spiro atoms. The molecule has 100 valence electrons. The molecule has 1 aliphatic rings. The molecule has 3 nitrogen and oxygen atoms in total. The third-order valence-electron chi connectivity index (χ3n) is 3.99. The number of rotatable bonds is 4. The van der Waals surface area contributed by atoms with Crippen molar-refractivity contribution in [2.24, 2.45) is 5.73 Å². The second kappa shape index (κ2) is 5.81. The molecule has 0 amide bonds. The molecule has 0 saturated heterocycles. The minimum absolute atomic E-state index is 0.0640. The highest BCUT2D eigenvalue weighted by atomic mass is 16.5. The first kappa shape index (κ1) is 13.5. The van der Waals surface area contributed by atoms with Gasteiger partial charge in [0.1, 0.15) is 0 Å². The van der Waals surface area contributed by atoms with Gasteiger partial charge in [0.25, 0.3) is 0 Å². The topological polar surface area (TPSA) is 48.1 Å². The molecule has 1 aromatic heterocycles. The summed E-state index contributed by atoms with van der Waals surface area (Å²) in [5.41, 5.74) is 8.42. The zero-order valence-electron chi connectivity index (χ0n) is 11.5. The van der Waals surface area contributed by atoms with E-state index in [1.807, 2.05) is 19.2 Å². The van der Waals surface area contributed by atoms with Gasteiger partial charge in [-0.05, 0) is 38.3 Å². The number of pyridine rings is 1. The van der Waals surface area contributed by atoms with Gasteiger partial charge in [-0.25, -0.2) is 0 Å². The summed E-state index contributed by atoms with van der Waals surface area (Å²) < 4.78 is 6.06. The van der Waals surface area contributed by atoms with E-state index < -0.39 is 0 Å². The molecule has 2 rings (SSSR count). The van der Waals surface area contributed by atoms with Crippen LogP contribution in [0.4, 0.5) is 0 Å². The number of aryl methyl sites for hydroxylation is 1. The summed E-state index contributed by atoms with van der Waals surface area (Å²) in [4.78, 5) is 4.35. The molecule has 0 radical (unpaired) electrons. The lowest BCUT2D eigenvalue weighted by molar-refractivity contribution is -0.0831. The first-order chi connectivity index (χ1) is 8.68. The van der Waals surface area contributed by atoms with E-state index in [1.54, 1.807) is 0 Å². The van der Waals surface area contributed by atoms with Crippen LogP contribution in [0.25, 0.3) is 0 Å². The zero-order valence-corrected chi connectivity index (χ0v) is 11.5. The quantitative estimate of drug-likeness (QED) is 0.890. The van der Waals surface area contributed by atoms with Crippen molar-refractivity contribution >= 4 is 0 Å². The Balaban J connectivity index is 2.21. The lowest BCUT2D eigenvalue weighted by atomic mass is 9.77. The maximum Gasteiger partial charge on any atom is 0.0874 e. The molecule has 1 saturated carbocycles. The lowest BCUT2D eigenvalue weighted by Gasteiger charge is -2.41. The molecule has 3 heteroatoms. The second-order valence-electron chi connectivity index (χ2n) is 5.27. The Kier molecular flexibility index (Phi) is 4.36. The maximum atomic E-state index is 6.48. The van der Waals surface area contributed by atoms with Crippen molar-refractivity contribution in [3.63, 3.8) is 0 Å². The van der Waals surface area contributed by atoms with Crippen LogP contribution in [-0.2, 0) is 4.74 Å². The van der Waals surface area contributed by atoms with Crippen LogP contribution in [-0.4, -0.2) is 17.2 Å². The summed E-state index contributed by atoms with van der Waals surface area (Å²) in [6.45, 7) is 4.78. The predicted octanol–water partition coefficient (Wildman–Crippen LogP) is 3.13. The maximum absolute atomic E-state index is 6.48. The number of hydrogen-bond donors (Lipinski definition) is 1. The summed E-state index contributed by atoms with van der Waals surface area (Å²) in [5, 5.41) is 0. The molecule has 0 aliphatic heterocycles. The van der Waals surface area contributed by atoms with Crippen molar-refractivity contribution in [3.8, 4) is 0 Å². The van der Waals surface area contributed by atoms with Gasteiger partial charge in [0, 0.05) is 18.5 Å². The SMILES string of the molecule is CCOC1(C(N)c2ccc(C)nc2)CCCCC1. The van der Waals surface area contributed by atoms with Gasteiger partial charge in [0.15, 0.2) is 0 Å². The molecule has 0 bridgehead atoms. The van der Waals surface area contributed by atoms with Crippen LogP contribution in [0.3, 0.4) is 0 Å². The summed E-state index contributed by atoms with van der Waals surface area (Å²) in [7, 11) is 0. The minimum atomic E-state index is -0.177. The van der Waals surface area contributed by atoms with Crippen LogP contribution in [0.15, 0.2) is 18.3 Å². The Morgan fingerprint density at radius 2 is 2.06 bits per heavy atom. The van der Waals surface area contributed by atoms with Crippen LogP contribution < -0.4 is 5.73 Å². The van der Waals surface area contributed by atoms with Crippen LogP contribution >= 0.6 is 0 Å². The zero-order chi connectivity index (χ0) is 13.0. The molecular weight excluding hydrogens is 224 g/mol. The number of ether oxygens (including phenoxy) is 1. The average Bonchev–Trinajstić information content (AvgIpc) is 2.40. The van der Waals surface area contributed by atoms with Crippen molar-refractivity contribution in [3.05, 3.63) is 29.6 Å². The minimum Gasteiger partial charge on any atom is -0.373 e. The molecule has 0 aromatic carbocycles. The molecule has 1 fully saturated rings. The first-order valence-corrected chi connectivity index (χ1v) is 7.00. The standard InChI is InChI=1S/C15H24N2O/c1-3-18-15(9-5-4-6-10-15)14(16)13-8-7-12(2)17-11-13/h7-8,11,14H,3-6,9-10,16H2,1-2H3. The normalized spacial score (nSPS) is 20.6. The van der Waals surface area contributed by atoms with Crippen molar-refractivity contribution in [2.45, 2.75) is 57.6 Å². The van der Waals surface area contributed by atoms with E-state index in [0.29, 0.717) is 0 Å². The van der Waals surface area contributed by atoms with Crippen molar-refractivity contribution in [1.82, 2.24) is 4.98 Å². The fourth-order valence-electron chi connectivity index (χ4n) is 2.95.